The van der Waals surface area contributed by atoms with Crippen molar-refractivity contribution in [2.45, 2.75) is 38.1 Å². The molecule has 1 aliphatic heterocycles. The van der Waals surface area contributed by atoms with Gasteiger partial charge in [0.1, 0.15) is 11.9 Å². The minimum atomic E-state index is -0.572. The SMILES string of the molecule is N#Cc1cc(NC(=O)CCC2CCCCN2)ccc1F. The Balaban J connectivity index is 1.83. The average Bonchev–Trinajstić information content (AvgIpc) is 2.48. The van der Waals surface area contributed by atoms with Crippen molar-refractivity contribution in [2.75, 3.05) is 11.9 Å². The lowest BCUT2D eigenvalue weighted by Crippen LogP contribution is -2.34. The summed E-state index contributed by atoms with van der Waals surface area (Å²) in [4.78, 5) is 11.8. The molecule has 1 aromatic rings. The molecule has 20 heavy (non-hydrogen) atoms. The van der Waals surface area contributed by atoms with Crippen LogP contribution in [0.1, 0.15) is 37.7 Å². The fourth-order valence-corrected chi connectivity index (χ4v) is 2.39. The number of hydrogen-bond donors (Lipinski definition) is 2. The van der Waals surface area contributed by atoms with Crippen LogP contribution < -0.4 is 10.6 Å². The molecule has 1 amide bonds. The summed E-state index contributed by atoms with van der Waals surface area (Å²) in [6.45, 7) is 1.02. The molecule has 0 saturated carbocycles. The largest absolute Gasteiger partial charge is 0.326 e. The topological polar surface area (TPSA) is 64.9 Å². The summed E-state index contributed by atoms with van der Waals surface area (Å²) in [5.74, 6) is -0.676. The number of nitrogens with zero attached hydrogens (tertiary/aromatic N) is 1. The first-order valence-electron chi connectivity index (χ1n) is 6.92. The molecule has 1 fully saturated rings. The molecule has 0 bridgehead atoms. The summed E-state index contributed by atoms with van der Waals surface area (Å²) < 4.78 is 13.2. The van der Waals surface area contributed by atoms with Gasteiger partial charge >= 0.3 is 0 Å². The van der Waals surface area contributed by atoms with E-state index < -0.39 is 5.82 Å². The van der Waals surface area contributed by atoms with E-state index in [2.05, 4.69) is 10.6 Å². The van der Waals surface area contributed by atoms with Crippen LogP contribution in [0.5, 0.6) is 0 Å². The van der Waals surface area contributed by atoms with Gasteiger partial charge in [-0.25, -0.2) is 4.39 Å². The van der Waals surface area contributed by atoms with Crippen molar-refractivity contribution in [1.82, 2.24) is 5.32 Å². The fourth-order valence-electron chi connectivity index (χ4n) is 2.39. The van der Waals surface area contributed by atoms with Gasteiger partial charge in [-0.3, -0.25) is 4.79 Å². The van der Waals surface area contributed by atoms with E-state index in [1.165, 1.54) is 31.0 Å². The average molecular weight is 275 g/mol. The van der Waals surface area contributed by atoms with E-state index >= 15 is 0 Å². The Hall–Kier alpha value is -1.93. The summed E-state index contributed by atoms with van der Waals surface area (Å²) in [7, 11) is 0. The van der Waals surface area contributed by atoms with Crippen molar-refractivity contribution in [3.05, 3.63) is 29.6 Å². The smallest absolute Gasteiger partial charge is 0.224 e. The lowest BCUT2D eigenvalue weighted by Gasteiger charge is -2.23. The number of hydrogen-bond acceptors (Lipinski definition) is 3. The number of amides is 1. The van der Waals surface area contributed by atoms with Gasteiger partial charge < -0.3 is 10.6 Å². The van der Waals surface area contributed by atoms with E-state index in [1.54, 1.807) is 6.07 Å². The predicted molar refractivity (Wildman–Crippen MR) is 74.6 cm³/mol. The van der Waals surface area contributed by atoms with Crippen LogP contribution in [0.3, 0.4) is 0 Å². The quantitative estimate of drug-likeness (QED) is 0.887. The van der Waals surface area contributed by atoms with Crippen molar-refractivity contribution in [1.29, 1.82) is 5.26 Å². The Bertz CT molecular complexity index is 518. The van der Waals surface area contributed by atoms with Crippen molar-refractivity contribution in [3.8, 4) is 6.07 Å². The highest BCUT2D eigenvalue weighted by molar-refractivity contribution is 5.90. The predicted octanol–water partition coefficient (Wildman–Crippen LogP) is 2.56. The third-order valence-electron chi connectivity index (χ3n) is 3.50. The highest BCUT2D eigenvalue weighted by atomic mass is 19.1. The number of carbonyl (C=O) groups is 1. The van der Waals surface area contributed by atoms with E-state index in [9.17, 15) is 9.18 Å². The maximum absolute atomic E-state index is 13.2. The molecule has 1 heterocycles. The van der Waals surface area contributed by atoms with Crippen molar-refractivity contribution in [2.24, 2.45) is 0 Å². The van der Waals surface area contributed by atoms with E-state index in [0.717, 1.165) is 19.4 Å². The van der Waals surface area contributed by atoms with Crippen LogP contribution in [-0.2, 0) is 4.79 Å². The molecule has 5 heteroatoms. The first-order chi connectivity index (χ1) is 9.69. The standard InChI is InChI=1S/C15H18FN3O/c16-14-6-4-13(9-11(14)10-17)19-15(20)7-5-12-3-1-2-8-18-12/h4,6,9,12,18H,1-3,5,7-8H2,(H,19,20). The Morgan fingerprint density at radius 1 is 1.50 bits per heavy atom. The van der Waals surface area contributed by atoms with Crippen LogP contribution in [0.4, 0.5) is 10.1 Å². The van der Waals surface area contributed by atoms with Gasteiger partial charge in [0.25, 0.3) is 0 Å². The zero-order chi connectivity index (χ0) is 14.4. The minimum absolute atomic E-state index is 0.0586. The summed E-state index contributed by atoms with van der Waals surface area (Å²) >= 11 is 0. The molecule has 2 rings (SSSR count). The molecule has 1 saturated heterocycles. The lowest BCUT2D eigenvalue weighted by molar-refractivity contribution is -0.116. The van der Waals surface area contributed by atoms with E-state index in [1.807, 2.05) is 0 Å². The molecule has 106 valence electrons. The maximum Gasteiger partial charge on any atom is 0.224 e. The van der Waals surface area contributed by atoms with Gasteiger partial charge in [0.15, 0.2) is 0 Å². The van der Waals surface area contributed by atoms with Crippen LogP contribution in [0.2, 0.25) is 0 Å². The van der Waals surface area contributed by atoms with Crippen LogP contribution in [0.15, 0.2) is 18.2 Å². The number of piperidine rings is 1. The van der Waals surface area contributed by atoms with Gasteiger partial charge in [-0.05, 0) is 44.0 Å². The molecule has 1 unspecified atom stereocenters. The first-order valence-corrected chi connectivity index (χ1v) is 6.92. The highest BCUT2D eigenvalue weighted by Crippen LogP contribution is 2.15. The van der Waals surface area contributed by atoms with Crippen LogP contribution in [-0.4, -0.2) is 18.5 Å². The first kappa shape index (κ1) is 14.5. The normalized spacial score (nSPS) is 18.3. The number of carbonyl (C=O) groups excluding carboxylic acids is 1. The molecule has 1 aliphatic rings. The third-order valence-corrected chi connectivity index (χ3v) is 3.50. The Morgan fingerprint density at radius 3 is 3.05 bits per heavy atom. The van der Waals surface area contributed by atoms with Gasteiger partial charge in [-0.15, -0.1) is 0 Å². The molecular formula is C15H18FN3O. The van der Waals surface area contributed by atoms with E-state index in [4.69, 9.17) is 5.26 Å². The van der Waals surface area contributed by atoms with Gasteiger partial charge in [-0.1, -0.05) is 6.42 Å². The number of rotatable bonds is 4. The Kier molecular flexibility index (Phi) is 5.08. The number of anilines is 1. The van der Waals surface area contributed by atoms with Crippen LogP contribution >= 0.6 is 0 Å². The summed E-state index contributed by atoms with van der Waals surface area (Å²) in [5.41, 5.74) is 0.404. The van der Waals surface area contributed by atoms with Crippen molar-refractivity contribution >= 4 is 11.6 Å². The monoisotopic (exact) mass is 275 g/mol. The van der Waals surface area contributed by atoms with Gasteiger partial charge in [0.2, 0.25) is 5.91 Å². The van der Waals surface area contributed by atoms with E-state index in [0.29, 0.717) is 18.2 Å². The summed E-state index contributed by atoms with van der Waals surface area (Å²) in [5, 5.41) is 14.8. The van der Waals surface area contributed by atoms with Crippen molar-refractivity contribution in [3.63, 3.8) is 0 Å². The number of nitriles is 1. The van der Waals surface area contributed by atoms with Crippen molar-refractivity contribution < 1.29 is 9.18 Å². The number of benzene rings is 1. The lowest BCUT2D eigenvalue weighted by atomic mass is 10.0. The molecule has 0 radical (unpaired) electrons. The molecule has 0 aromatic heterocycles. The van der Waals surface area contributed by atoms with Crippen LogP contribution in [0.25, 0.3) is 0 Å². The summed E-state index contributed by atoms with van der Waals surface area (Å²) in [6.07, 6.45) is 4.76. The zero-order valence-corrected chi connectivity index (χ0v) is 11.3. The van der Waals surface area contributed by atoms with Gasteiger partial charge in [0, 0.05) is 18.2 Å². The second kappa shape index (κ2) is 7.01. The van der Waals surface area contributed by atoms with E-state index in [-0.39, 0.29) is 11.5 Å². The van der Waals surface area contributed by atoms with Gasteiger partial charge in [-0.2, -0.15) is 5.26 Å². The molecule has 1 aromatic carbocycles. The molecule has 4 nitrogen and oxygen atoms in total. The Labute approximate surface area is 118 Å². The summed E-state index contributed by atoms with van der Waals surface area (Å²) in [6, 6.07) is 6.18. The Morgan fingerprint density at radius 2 is 2.35 bits per heavy atom. The molecule has 0 spiro atoms. The molecular weight excluding hydrogens is 257 g/mol. The number of halogens is 1. The maximum atomic E-state index is 13.2. The fraction of sp³-hybridized carbons (Fsp3) is 0.467. The van der Waals surface area contributed by atoms with Crippen LogP contribution in [0, 0.1) is 17.1 Å². The highest BCUT2D eigenvalue weighted by Gasteiger charge is 2.14. The second-order valence-electron chi connectivity index (χ2n) is 5.04. The molecule has 0 aliphatic carbocycles. The second-order valence-corrected chi connectivity index (χ2v) is 5.04. The molecule has 1 atom stereocenters. The third kappa shape index (κ3) is 4.04. The number of nitrogens with one attached hydrogen (secondary N) is 2. The zero-order valence-electron chi connectivity index (χ0n) is 11.3. The van der Waals surface area contributed by atoms with Gasteiger partial charge in [0.05, 0.1) is 5.56 Å². The minimum Gasteiger partial charge on any atom is -0.326 e. The molecule has 2 N–H and O–H groups in total.